The van der Waals surface area contributed by atoms with E-state index >= 15 is 0 Å². The molecular formula is C24H24F3N3O2. The number of carbonyl (C=O) groups is 1. The van der Waals surface area contributed by atoms with E-state index in [9.17, 15) is 18.0 Å². The maximum Gasteiger partial charge on any atom is 0.416 e. The van der Waals surface area contributed by atoms with Gasteiger partial charge in [0.15, 0.2) is 0 Å². The number of nitrogens with two attached hydrogens (primary N) is 1. The Morgan fingerprint density at radius 1 is 1.16 bits per heavy atom. The molecule has 2 N–H and O–H groups in total. The molecule has 0 spiro atoms. The topological polar surface area (TPSA) is 68.5 Å². The quantitative estimate of drug-likeness (QED) is 0.594. The summed E-state index contributed by atoms with van der Waals surface area (Å²) >= 11 is 0. The molecule has 1 aromatic heterocycles. The number of benzene rings is 2. The number of fused-ring (bicyclic) bond motifs is 3. The van der Waals surface area contributed by atoms with Crippen LogP contribution in [0.3, 0.4) is 0 Å². The van der Waals surface area contributed by atoms with Crippen LogP contribution < -0.4 is 5.73 Å². The molecule has 0 radical (unpaired) electrons. The van der Waals surface area contributed by atoms with E-state index in [2.05, 4.69) is 4.98 Å². The van der Waals surface area contributed by atoms with E-state index in [0.717, 1.165) is 34.2 Å². The smallest absolute Gasteiger partial charge is 0.383 e. The average Bonchev–Trinajstić information content (AvgIpc) is 3.27. The molecule has 32 heavy (non-hydrogen) atoms. The number of likely N-dealkylation sites (N-methyl/N-ethyl adjacent to an activating group) is 1. The average molecular weight is 443 g/mol. The van der Waals surface area contributed by atoms with Gasteiger partial charge < -0.3 is 15.4 Å². The van der Waals surface area contributed by atoms with Gasteiger partial charge in [-0.2, -0.15) is 13.2 Å². The lowest BCUT2D eigenvalue weighted by molar-refractivity contribution is -0.137. The number of carbonyl (C=O) groups excluding carboxylic acids is 1. The Bertz CT molecular complexity index is 1160. The van der Waals surface area contributed by atoms with Crippen LogP contribution in [0.25, 0.3) is 10.9 Å². The molecule has 168 valence electrons. The van der Waals surface area contributed by atoms with Crippen molar-refractivity contribution in [3.05, 3.63) is 70.3 Å². The van der Waals surface area contributed by atoms with Crippen LogP contribution in [0.1, 0.15) is 52.4 Å². The Morgan fingerprint density at radius 2 is 1.84 bits per heavy atom. The fraction of sp³-hybridized carbons (Fsp3) is 0.333. The van der Waals surface area contributed by atoms with Gasteiger partial charge >= 0.3 is 6.18 Å². The number of amides is 1. The summed E-state index contributed by atoms with van der Waals surface area (Å²) in [5.74, 6) is 0.183. The van der Waals surface area contributed by atoms with Crippen LogP contribution in [-0.2, 0) is 24.1 Å². The molecule has 0 saturated heterocycles. The van der Waals surface area contributed by atoms with Crippen molar-refractivity contribution in [3.8, 4) is 0 Å². The number of anilines is 1. The number of halogens is 3. The minimum atomic E-state index is -4.37. The lowest BCUT2D eigenvalue weighted by Crippen LogP contribution is -2.34. The van der Waals surface area contributed by atoms with Gasteiger partial charge in [-0.3, -0.25) is 4.79 Å². The maximum atomic E-state index is 13.2. The van der Waals surface area contributed by atoms with Crippen LogP contribution in [0.5, 0.6) is 0 Å². The van der Waals surface area contributed by atoms with Crippen LogP contribution in [0.2, 0.25) is 0 Å². The molecule has 1 aliphatic rings. The molecule has 0 saturated carbocycles. The van der Waals surface area contributed by atoms with Crippen molar-refractivity contribution in [1.82, 2.24) is 9.88 Å². The predicted molar refractivity (Wildman–Crippen MR) is 116 cm³/mol. The number of alkyl halides is 3. The van der Waals surface area contributed by atoms with Crippen molar-refractivity contribution < 1.29 is 22.7 Å². The SMILES string of the molecule is CCN(CC(C)c1ccc(C(F)(F)F)cc1)C(=O)c1ccc2nc(N)c3c(c2c1)COC3. The van der Waals surface area contributed by atoms with Crippen molar-refractivity contribution in [2.24, 2.45) is 0 Å². The van der Waals surface area contributed by atoms with Gasteiger partial charge in [0, 0.05) is 29.6 Å². The summed E-state index contributed by atoms with van der Waals surface area (Å²) in [6.45, 7) is 5.48. The monoisotopic (exact) mass is 443 g/mol. The number of ether oxygens (including phenoxy) is 1. The molecule has 0 aliphatic carbocycles. The zero-order chi connectivity index (χ0) is 23.0. The highest BCUT2D eigenvalue weighted by molar-refractivity contribution is 5.99. The van der Waals surface area contributed by atoms with Gasteiger partial charge in [-0.1, -0.05) is 19.1 Å². The first kappa shape index (κ1) is 22.1. The third kappa shape index (κ3) is 4.14. The standard InChI is InChI=1S/C24H24F3N3O2/c1-3-30(11-14(2)15-4-7-17(8-5-15)24(25,26)27)23(31)16-6-9-21-18(10-16)19-12-32-13-20(19)22(28)29-21/h4-10,14H,3,11-13H2,1-2H3,(H2,28,29). The third-order valence-electron chi connectivity index (χ3n) is 5.95. The van der Waals surface area contributed by atoms with E-state index in [4.69, 9.17) is 10.5 Å². The van der Waals surface area contributed by atoms with Crippen molar-refractivity contribution >= 4 is 22.6 Å². The van der Waals surface area contributed by atoms with Crippen LogP contribution in [0.15, 0.2) is 42.5 Å². The normalized spacial score (nSPS) is 14.4. The first-order valence-electron chi connectivity index (χ1n) is 10.4. The van der Waals surface area contributed by atoms with E-state index in [-0.39, 0.29) is 11.8 Å². The van der Waals surface area contributed by atoms with E-state index in [1.54, 1.807) is 17.0 Å². The Balaban J connectivity index is 1.56. The molecule has 0 fully saturated rings. The lowest BCUT2D eigenvalue weighted by atomic mass is 9.98. The summed E-state index contributed by atoms with van der Waals surface area (Å²) in [5, 5.41) is 0.851. The van der Waals surface area contributed by atoms with Gasteiger partial charge in [0.25, 0.3) is 5.91 Å². The molecule has 3 aromatic rings. The third-order valence-corrected chi connectivity index (χ3v) is 5.95. The number of hydrogen-bond donors (Lipinski definition) is 1. The molecule has 2 heterocycles. The summed E-state index contributed by atoms with van der Waals surface area (Å²) in [4.78, 5) is 19.4. The van der Waals surface area contributed by atoms with E-state index in [0.29, 0.717) is 43.2 Å². The minimum Gasteiger partial charge on any atom is -0.383 e. The highest BCUT2D eigenvalue weighted by Crippen LogP contribution is 2.32. The first-order valence-corrected chi connectivity index (χ1v) is 10.4. The van der Waals surface area contributed by atoms with Gasteiger partial charge in [0.1, 0.15) is 5.82 Å². The fourth-order valence-corrected chi connectivity index (χ4v) is 4.08. The van der Waals surface area contributed by atoms with Crippen LogP contribution in [0.4, 0.5) is 19.0 Å². The summed E-state index contributed by atoms with van der Waals surface area (Å²) in [6, 6.07) is 10.4. The van der Waals surface area contributed by atoms with E-state index in [1.165, 1.54) is 12.1 Å². The molecule has 1 unspecified atom stereocenters. The summed E-state index contributed by atoms with van der Waals surface area (Å²) in [5.41, 5.74) is 9.15. The largest absolute Gasteiger partial charge is 0.416 e. The Hall–Kier alpha value is -3.13. The van der Waals surface area contributed by atoms with Crippen molar-refractivity contribution in [2.75, 3.05) is 18.8 Å². The number of aromatic nitrogens is 1. The van der Waals surface area contributed by atoms with Crippen LogP contribution >= 0.6 is 0 Å². The van der Waals surface area contributed by atoms with Crippen molar-refractivity contribution in [1.29, 1.82) is 0 Å². The van der Waals surface area contributed by atoms with Gasteiger partial charge in [-0.25, -0.2) is 4.98 Å². The maximum absolute atomic E-state index is 13.2. The number of rotatable bonds is 5. The number of hydrogen-bond acceptors (Lipinski definition) is 4. The molecule has 1 atom stereocenters. The summed E-state index contributed by atoms with van der Waals surface area (Å²) in [7, 11) is 0. The molecule has 1 aliphatic heterocycles. The second-order valence-corrected chi connectivity index (χ2v) is 8.04. The number of nitrogen functional groups attached to an aromatic ring is 1. The Labute approximate surface area is 184 Å². The number of nitrogens with zero attached hydrogens (tertiary/aromatic N) is 2. The van der Waals surface area contributed by atoms with Crippen molar-refractivity contribution in [2.45, 2.75) is 39.2 Å². The Kier molecular flexibility index (Phi) is 5.81. The van der Waals surface area contributed by atoms with Gasteiger partial charge in [-0.15, -0.1) is 0 Å². The number of pyridine rings is 1. The Morgan fingerprint density at radius 3 is 2.50 bits per heavy atom. The first-order chi connectivity index (χ1) is 15.2. The second kappa shape index (κ2) is 8.43. The summed E-state index contributed by atoms with van der Waals surface area (Å²) in [6.07, 6.45) is -4.37. The summed E-state index contributed by atoms with van der Waals surface area (Å²) < 4.78 is 44.0. The van der Waals surface area contributed by atoms with E-state index in [1.807, 2.05) is 19.9 Å². The molecule has 8 heteroatoms. The molecule has 4 rings (SSSR count). The zero-order valence-corrected chi connectivity index (χ0v) is 17.9. The van der Waals surface area contributed by atoms with Gasteiger partial charge in [0.05, 0.1) is 24.3 Å². The van der Waals surface area contributed by atoms with E-state index < -0.39 is 11.7 Å². The molecule has 2 aromatic carbocycles. The molecule has 5 nitrogen and oxygen atoms in total. The highest BCUT2D eigenvalue weighted by atomic mass is 19.4. The van der Waals surface area contributed by atoms with Gasteiger partial charge in [0.2, 0.25) is 0 Å². The van der Waals surface area contributed by atoms with Gasteiger partial charge in [-0.05, 0) is 54.3 Å². The minimum absolute atomic E-state index is 0.124. The van der Waals surface area contributed by atoms with Crippen molar-refractivity contribution in [3.63, 3.8) is 0 Å². The highest BCUT2D eigenvalue weighted by Gasteiger charge is 2.30. The lowest BCUT2D eigenvalue weighted by Gasteiger charge is -2.25. The molecule has 0 bridgehead atoms. The van der Waals surface area contributed by atoms with Crippen LogP contribution in [-0.4, -0.2) is 28.9 Å². The molecular weight excluding hydrogens is 419 g/mol. The second-order valence-electron chi connectivity index (χ2n) is 8.04. The van der Waals surface area contributed by atoms with Crippen LogP contribution in [0, 0.1) is 0 Å². The fourth-order valence-electron chi connectivity index (χ4n) is 4.08. The zero-order valence-electron chi connectivity index (χ0n) is 17.9. The predicted octanol–water partition coefficient (Wildman–Crippen LogP) is 5.13. The molecule has 1 amide bonds.